The summed E-state index contributed by atoms with van der Waals surface area (Å²) in [7, 11) is -3.78. The van der Waals surface area contributed by atoms with Crippen molar-refractivity contribution in [3.05, 3.63) is 66.2 Å². The van der Waals surface area contributed by atoms with Gasteiger partial charge >= 0.3 is 0 Å². The second kappa shape index (κ2) is 7.23. The number of para-hydroxylation sites is 1. The van der Waals surface area contributed by atoms with Crippen LogP contribution in [0.25, 0.3) is 10.9 Å². The number of anilines is 1. The van der Waals surface area contributed by atoms with Gasteiger partial charge < -0.3 is 5.32 Å². The molecule has 1 heterocycles. The molecule has 2 aromatic carbocycles. The number of hydrogen-bond donors (Lipinski definition) is 2. The van der Waals surface area contributed by atoms with Crippen LogP contribution >= 0.6 is 0 Å². The van der Waals surface area contributed by atoms with Gasteiger partial charge in [0, 0.05) is 5.39 Å². The number of pyridine rings is 1. The number of carbonyl (C=O) groups excluding carboxylic acids is 1. The number of carbonyl (C=O) groups is 1. The van der Waals surface area contributed by atoms with Crippen LogP contribution in [0, 0.1) is 6.92 Å². The molecule has 134 valence electrons. The Kier molecular flexibility index (Phi) is 5.01. The number of aromatic nitrogens is 1. The summed E-state index contributed by atoms with van der Waals surface area (Å²) in [5.41, 5.74) is 1.70. The van der Waals surface area contributed by atoms with E-state index in [-0.39, 0.29) is 4.90 Å². The average molecular weight is 369 g/mol. The van der Waals surface area contributed by atoms with E-state index in [4.69, 9.17) is 0 Å². The van der Waals surface area contributed by atoms with Gasteiger partial charge in [0.1, 0.15) is 5.82 Å². The fourth-order valence-electron chi connectivity index (χ4n) is 2.44. The molecule has 1 aromatic heterocycles. The number of sulfonamides is 1. The van der Waals surface area contributed by atoms with Gasteiger partial charge in [0.2, 0.25) is 15.9 Å². The van der Waals surface area contributed by atoms with Crippen molar-refractivity contribution in [2.24, 2.45) is 0 Å². The summed E-state index contributed by atoms with van der Waals surface area (Å²) in [4.78, 5) is 16.8. The molecule has 1 amide bonds. The number of fused-ring (bicyclic) bond motifs is 1. The highest BCUT2D eigenvalue weighted by molar-refractivity contribution is 7.89. The zero-order chi connectivity index (χ0) is 18.7. The lowest BCUT2D eigenvalue weighted by molar-refractivity contribution is -0.117. The Hall–Kier alpha value is -2.77. The van der Waals surface area contributed by atoms with Gasteiger partial charge in [0.25, 0.3) is 0 Å². The molecule has 7 heteroatoms. The molecule has 26 heavy (non-hydrogen) atoms. The predicted molar refractivity (Wildman–Crippen MR) is 101 cm³/mol. The zero-order valence-corrected chi connectivity index (χ0v) is 15.2. The lowest BCUT2D eigenvalue weighted by Gasteiger charge is -2.14. The molecule has 0 spiro atoms. The molecule has 0 fully saturated rings. The molecule has 6 nitrogen and oxygen atoms in total. The first-order valence-corrected chi connectivity index (χ1v) is 9.59. The number of nitrogens with zero attached hydrogens (tertiary/aromatic N) is 1. The van der Waals surface area contributed by atoms with E-state index < -0.39 is 22.0 Å². The third-order valence-corrected chi connectivity index (χ3v) is 5.46. The van der Waals surface area contributed by atoms with E-state index in [0.717, 1.165) is 16.5 Å². The summed E-state index contributed by atoms with van der Waals surface area (Å²) in [6.45, 7) is 3.36. The topological polar surface area (TPSA) is 88.2 Å². The maximum absolute atomic E-state index is 12.4. The molecule has 2 N–H and O–H groups in total. The monoisotopic (exact) mass is 369 g/mol. The Bertz CT molecular complexity index is 1050. The van der Waals surface area contributed by atoms with Crippen molar-refractivity contribution in [3.63, 3.8) is 0 Å². The smallest absolute Gasteiger partial charge is 0.243 e. The van der Waals surface area contributed by atoms with Crippen LogP contribution in [0.2, 0.25) is 0 Å². The molecule has 3 aromatic rings. The maximum Gasteiger partial charge on any atom is 0.243 e. The van der Waals surface area contributed by atoms with E-state index in [1.54, 1.807) is 18.2 Å². The zero-order valence-electron chi connectivity index (χ0n) is 14.4. The van der Waals surface area contributed by atoms with Crippen LogP contribution in [-0.4, -0.2) is 25.4 Å². The standard InChI is InChI=1S/C19H19N3O3S/c1-13-7-10-16(11-8-13)26(24,25)22-14(2)19(23)21-18-12-9-15-5-3-4-6-17(15)20-18/h3-12,14,22H,1-2H3,(H,20,21,23)/t14-/m0/s1. The van der Waals surface area contributed by atoms with Crippen molar-refractivity contribution < 1.29 is 13.2 Å². The number of nitrogens with one attached hydrogen (secondary N) is 2. The van der Waals surface area contributed by atoms with E-state index >= 15 is 0 Å². The van der Waals surface area contributed by atoms with Crippen LogP contribution in [0.1, 0.15) is 12.5 Å². The van der Waals surface area contributed by atoms with Crippen molar-refractivity contribution in [1.82, 2.24) is 9.71 Å². The molecule has 0 aliphatic heterocycles. The van der Waals surface area contributed by atoms with Crippen LogP contribution < -0.4 is 10.0 Å². The molecule has 0 bridgehead atoms. The first-order valence-electron chi connectivity index (χ1n) is 8.11. The Morgan fingerprint density at radius 1 is 1.00 bits per heavy atom. The molecular formula is C19H19N3O3S. The Morgan fingerprint density at radius 2 is 1.69 bits per heavy atom. The third-order valence-electron chi connectivity index (χ3n) is 3.91. The van der Waals surface area contributed by atoms with Gasteiger partial charge in [0.05, 0.1) is 16.5 Å². The Morgan fingerprint density at radius 3 is 2.42 bits per heavy atom. The van der Waals surface area contributed by atoms with Gasteiger partial charge in [-0.2, -0.15) is 4.72 Å². The number of rotatable bonds is 5. The molecule has 0 aliphatic carbocycles. The average Bonchev–Trinajstić information content (AvgIpc) is 2.61. The fourth-order valence-corrected chi connectivity index (χ4v) is 3.64. The van der Waals surface area contributed by atoms with E-state index in [1.165, 1.54) is 19.1 Å². The number of benzene rings is 2. The van der Waals surface area contributed by atoms with E-state index in [2.05, 4.69) is 15.0 Å². The summed E-state index contributed by atoms with van der Waals surface area (Å²) in [6.07, 6.45) is 0. The van der Waals surface area contributed by atoms with Crippen LogP contribution in [0.5, 0.6) is 0 Å². The molecule has 1 atom stereocenters. The number of amides is 1. The lowest BCUT2D eigenvalue weighted by Crippen LogP contribution is -2.41. The van der Waals surface area contributed by atoms with E-state index in [9.17, 15) is 13.2 Å². The third kappa shape index (κ3) is 4.07. The van der Waals surface area contributed by atoms with Crippen molar-refractivity contribution in [2.75, 3.05) is 5.32 Å². The predicted octanol–water partition coefficient (Wildman–Crippen LogP) is 2.85. The Labute approximate surface area is 152 Å². The quantitative estimate of drug-likeness (QED) is 0.724. The normalized spacial score (nSPS) is 12.7. The minimum atomic E-state index is -3.78. The van der Waals surface area contributed by atoms with Gasteiger partial charge in [-0.1, -0.05) is 35.9 Å². The Balaban J connectivity index is 1.71. The summed E-state index contributed by atoms with van der Waals surface area (Å²) in [6, 6.07) is 16.5. The SMILES string of the molecule is Cc1ccc(S(=O)(=O)N[C@@H](C)C(=O)Nc2ccc3ccccc3n2)cc1. The lowest BCUT2D eigenvalue weighted by atomic mass is 10.2. The van der Waals surface area contributed by atoms with Gasteiger partial charge in [-0.3, -0.25) is 4.79 Å². The molecular weight excluding hydrogens is 350 g/mol. The first-order chi connectivity index (χ1) is 12.3. The largest absolute Gasteiger partial charge is 0.309 e. The van der Waals surface area contributed by atoms with Crippen LogP contribution in [0.3, 0.4) is 0 Å². The second-order valence-electron chi connectivity index (χ2n) is 6.03. The summed E-state index contributed by atoms with van der Waals surface area (Å²) in [5.74, 6) is -0.112. The van der Waals surface area contributed by atoms with E-state index in [1.807, 2.05) is 37.3 Å². The summed E-state index contributed by atoms with van der Waals surface area (Å²) >= 11 is 0. The van der Waals surface area contributed by atoms with Gasteiger partial charge in [-0.05, 0) is 44.2 Å². The maximum atomic E-state index is 12.4. The second-order valence-corrected chi connectivity index (χ2v) is 7.75. The highest BCUT2D eigenvalue weighted by Gasteiger charge is 2.22. The van der Waals surface area contributed by atoms with E-state index in [0.29, 0.717) is 5.82 Å². The van der Waals surface area contributed by atoms with Crippen molar-refractivity contribution >= 4 is 32.7 Å². The van der Waals surface area contributed by atoms with Gasteiger partial charge in [-0.25, -0.2) is 13.4 Å². The summed E-state index contributed by atoms with van der Waals surface area (Å²) < 4.78 is 27.1. The summed E-state index contributed by atoms with van der Waals surface area (Å²) in [5, 5.41) is 3.60. The minimum absolute atomic E-state index is 0.117. The minimum Gasteiger partial charge on any atom is -0.309 e. The molecule has 0 aliphatic rings. The van der Waals surface area contributed by atoms with Crippen molar-refractivity contribution in [3.8, 4) is 0 Å². The van der Waals surface area contributed by atoms with Gasteiger partial charge in [-0.15, -0.1) is 0 Å². The number of aryl methyl sites for hydroxylation is 1. The highest BCUT2D eigenvalue weighted by Crippen LogP contribution is 2.15. The fraction of sp³-hybridized carbons (Fsp3) is 0.158. The molecule has 0 saturated carbocycles. The molecule has 0 saturated heterocycles. The highest BCUT2D eigenvalue weighted by atomic mass is 32.2. The molecule has 0 radical (unpaired) electrons. The molecule has 0 unspecified atom stereocenters. The van der Waals surface area contributed by atoms with Crippen LogP contribution in [0.4, 0.5) is 5.82 Å². The van der Waals surface area contributed by atoms with Gasteiger partial charge in [0.15, 0.2) is 0 Å². The molecule has 3 rings (SSSR count). The number of hydrogen-bond acceptors (Lipinski definition) is 4. The first kappa shape index (κ1) is 18.0. The van der Waals surface area contributed by atoms with Crippen molar-refractivity contribution in [2.45, 2.75) is 24.8 Å². The van der Waals surface area contributed by atoms with Crippen LogP contribution in [-0.2, 0) is 14.8 Å². The van der Waals surface area contributed by atoms with Crippen molar-refractivity contribution in [1.29, 1.82) is 0 Å². The van der Waals surface area contributed by atoms with Crippen LogP contribution in [0.15, 0.2) is 65.6 Å².